The van der Waals surface area contributed by atoms with Crippen molar-refractivity contribution in [2.24, 2.45) is 34.5 Å². The summed E-state index contributed by atoms with van der Waals surface area (Å²) in [6.07, 6.45) is 8.25. The zero-order chi connectivity index (χ0) is 38.2. The summed E-state index contributed by atoms with van der Waals surface area (Å²) in [6.45, 7) is 15.7. The minimum Gasteiger partial charge on any atom is -0.334 e. The van der Waals surface area contributed by atoms with Crippen molar-refractivity contribution in [2.75, 3.05) is 13.1 Å². The molecule has 1 saturated heterocycles. The standard InChI is InChI=1S/C39H58N4O7S2/c1-8-9-16-28(44)34(46)26(19-24-12-10-13-24)20-29(45)33-27-15-11-14-25(27)21-43(33)36(47)35(39(5,6)7)41-37(48)40-32(38(2,3)4)23-42-22-30-31(17-18-51-30)52(42,49)50/h8,17-18,24-27,32-33,35H,1,9-16,19-23H2,2-7H3,(H2,40,41,48)/t25-,26?,27-,32+,33-,35+/m0/s1. The van der Waals surface area contributed by atoms with E-state index in [2.05, 4.69) is 17.2 Å². The average Bonchev–Trinajstić information content (AvgIpc) is 3.81. The van der Waals surface area contributed by atoms with Crippen molar-refractivity contribution in [3.63, 3.8) is 0 Å². The maximum absolute atomic E-state index is 14.6. The number of Topliss-reactive ketones (excluding diaryl/α,β-unsaturated/α-hetero) is 3. The van der Waals surface area contributed by atoms with Gasteiger partial charge in [-0.2, -0.15) is 4.31 Å². The van der Waals surface area contributed by atoms with Gasteiger partial charge in [0.25, 0.3) is 0 Å². The Morgan fingerprint density at radius 2 is 1.69 bits per heavy atom. The number of thiophene rings is 1. The van der Waals surface area contributed by atoms with Gasteiger partial charge < -0.3 is 15.5 Å². The lowest BCUT2D eigenvalue weighted by Gasteiger charge is -2.38. The Labute approximate surface area is 313 Å². The molecule has 11 nitrogen and oxygen atoms in total. The molecule has 0 aromatic carbocycles. The molecule has 2 N–H and O–H groups in total. The molecule has 288 valence electrons. The molecule has 5 rings (SSSR count). The van der Waals surface area contributed by atoms with Crippen molar-refractivity contribution >= 4 is 50.6 Å². The molecule has 52 heavy (non-hydrogen) atoms. The summed E-state index contributed by atoms with van der Waals surface area (Å²) in [6, 6.07) is -1.27. The maximum atomic E-state index is 14.6. The summed E-state index contributed by atoms with van der Waals surface area (Å²) < 4.78 is 27.9. The predicted molar refractivity (Wildman–Crippen MR) is 201 cm³/mol. The van der Waals surface area contributed by atoms with E-state index in [0.717, 1.165) is 43.4 Å². The molecule has 3 amide bonds. The lowest BCUT2D eigenvalue weighted by atomic mass is 9.75. The van der Waals surface area contributed by atoms with E-state index in [1.54, 1.807) is 22.4 Å². The number of hydrogen-bond donors (Lipinski definition) is 2. The summed E-state index contributed by atoms with van der Waals surface area (Å²) in [7, 11) is -3.68. The second-order valence-electron chi connectivity index (χ2n) is 17.6. The van der Waals surface area contributed by atoms with Crippen LogP contribution in [-0.4, -0.2) is 78.1 Å². The molecule has 1 aromatic heterocycles. The molecule has 3 fully saturated rings. The summed E-state index contributed by atoms with van der Waals surface area (Å²) in [4.78, 5) is 71.7. The number of sulfonamides is 1. The van der Waals surface area contributed by atoms with Crippen LogP contribution in [0.25, 0.3) is 0 Å². The number of allylic oxidation sites excluding steroid dienone is 1. The van der Waals surface area contributed by atoms with Gasteiger partial charge in [-0.05, 0) is 65.7 Å². The Hall–Kier alpha value is -2.90. The largest absolute Gasteiger partial charge is 0.334 e. The Morgan fingerprint density at radius 3 is 2.29 bits per heavy atom. The molecule has 4 aliphatic rings. The number of nitrogens with one attached hydrogen (secondary N) is 2. The first kappa shape index (κ1) is 40.3. The summed E-state index contributed by atoms with van der Waals surface area (Å²) in [5, 5.41) is 7.68. The third kappa shape index (κ3) is 8.73. The van der Waals surface area contributed by atoms with E-state index in [-0.39, 0.29) is 49.5 Å². The van der Waals surface area contributed by atoms with Crippen LogP contribution in [0.1, 0.15) is 111 Å². The molecule has 0 spiro atoms. The number of carbonyl (C=O) groups excluding carboxylic acids is 5. The fraction of sp³-hybridized carbons (Fsp3) is 0.718. The number of urea groups is 1. The third-order valence-corrected chi connectivity index (χ3v) is 14.7. The number of hydrogen-bond acceptors (Lipinski definition) is 8. The zero-order valence-corrected chi connectivity index (χ0v) is 33.4. The van der Waals surface area contributed by atoms with Crippen LogP contribution in [0.4, 0.5) is 4.79 Å². The normalized spacial score (nSPS) is 24.7. The van der Waals surface area contributed by atoms with Gasteiger partial charge in [-0.25, -0.2) is 13.2 Å². The molecule has 0 radical (unpaired) electrons. The lowest BCUT2D eigenvalue weighted by Crippen LogP contribution is -2.61. The summed E-state index contributed by atoms with van der Waals surface area (Å²) in [5.41, 5.74) is -1.25. The lowest BCUT2D eigenvalue weighted by molar-refractivity contribution is -0.144. The van der Waals surface area contributed by atoms with Gasteiger partial charge >= 0.3 is 6.03 Å². The number of ketones is 3. The van der Waals surface area contributed by atoms with Crippen LogP contribution in [0.3, 0.4) is 0 Å². The van der Waals surface area contributed by atoms with Gasteiger partial charge in [0.2, 0.25) is 21.7 Å². The van der Waals surface area contributed by atoms with Gasteiger partial charge in [-0.3, -0.25) is 19.2 Å². The second kappa shape index (κ2) is 15.8. The topological polar surface area (TPSA) is 150 Å². The molecule has 0 bridgehead atoms. The summed E-state index contributed by atoms with van der Waals surface area (Å²) in [5.74, 6) is -1.74. The number of carbonyl (C=O) groups is 5. The van der Waals surface area contributed by atoms with Crippen LogP contribution in [0.2, 0.25) is 0 Å². The van der Waals surface area contributed by atoms with Gasteiger partial charge in [0.05, 0.1) is 10.9 Å². The Balaban J connectivity index is 1.32. The van der Waals surface area contributed by atoms with E-state index in [1.165, 1.54) is 15.6 Å². The van der Waals surface area contributed by atoms with Crippen molar-refractivity contribution in [2.45, 2.75) is 135 Å². The number of fused-ring (bicyclic) bond motifs is 2. The van der Waals surface area contributed by atoms with Crippen LogP contribution in [0.5, 0.6) is 0 Å². The monoisotopic (exact) mass is 758 g/mol. The highest BCUT2D eigenvalue weighted by atomic mass is 32.2. The van der Waals surface area contributed by atoms with Gasteiger partial charge in [0.15, 0.2) is 11.6 Å². The minimum atomic E-state index is -3.68. The molecule has 2 saturated carbocycles. The van der Waals surface area contributed by atoms with Crippen LogP contribution in [-0.2, 0) is 35.7 Å². The quantitative estimate of drug-likeness (QED) is 0.168. The number of likely N-dealkylation sites (tertiary alicyclic amines) is 1. The fourth-order valence-electron chi connectivity index (χ4n) is 8.41. The molecule has 13 heteroatoms. The predicted octanol–water partition coefficient (Wildman–Crippen LogP) is 5.88. The first-order valence-corrected chi connectivity index (χ1v) is 21.3. The zero-order valence-electron chi connectivity index (χ0n) is 31.7. The van der Waals surface area contributed by atoms with E-state index in [9.17, 15) is 32.4 Å². The molecular formula is C39H58N4O7S2. The van der Waals surface area contributed by atoms with E-state index >= 15 is 0 Å². The fourth-order valence-corrected chi connectivity index (χ4v) is 11.3. The van der Waals surface area contributed by atoms with Crippen LogP contribution >= 0.6 is 11.3 Å². The third-order valence-electron chi connectivity index (χ3n) is 11.8. The van der Waals surface area contributed by atoms with Crippen molar-refractivity contribution in [1.29, 1.82) is 0 Å². The highest BCUT2D eigenvalue weighted by molar-refractivity contribution is 7.89. The van der Waals surface area contributed by atoms with Crippen molar-refractivity contribution < 1.29 is 32.4 Å². The smallest absolute Gasteiger partial charge is 0.315 e. The molecule has 3 heterocycles. The highest BCUT2D eigenvalue weighted by Crippen LogP contribution is 2.44. The Morgan fingerprint density at radius 1 is 1.00 bits per heavy atom. The molecule has 6 atom stereocenters. The molecule has 2 aliphatic carbocycles. The van der Waals surface area contributed by atoms with Crippen molar-refractivity contribution in [3.8, 4) is 0 Å². The van der Waals surface area contributed by atoms with Gasteiger partial charge in [-0.15, -0.1) is 17.9 Å². The Bertz CT molecular complexity index is 1650. The van der Waals surface area contributed by atoms with E-state index in [4.69, 9.17) is 0 Å². The van der Waals surface area contributed by atoms with Crippen molar-refractivity contribution in [3.05, 3.63) is 29.0 Å². The number of amides is 3. The van der Waals surface area contributed by atoms with Gasteiger partial charge in [0, 0.05) is 49.3 Å². The molecule has 1 aromatic rings. The average molecular weight is 759 g/mol. The highest BCUT2D eigenvalue weighted by Gasteiger charge is 2.52. The van der Waals surface area contributed by atoms with Crippen molar-refractivity contribution in [1.82, 2.24) is 19.8 Å². The SMILES string of the molecule is C=CCCC(=O)C(=O)C(CC(=O)[C@@H]1[C@H]2CCC[C@H]2CN1C(=O)[C@@H](NC(=O)N[C@H](CN1Cc2sccc2S1(=O)=O)C(C)(C)C)C(C)(C)C)CC1CCC1. The first-order valence-electron chi connectivity index (χ1n) is 19.0. The van der Waals surface area contributed by atoms with E-state index in [1.807, 2.05) is 41.5 Å². The maximum Gasteiger partial charge on any atom is 0.315 e. The van der Waals surface area contributed by atoms with Crippen LogP contribution in [0, 0.1) is 34.5 Å². The van der Waals surface area contributed by atoms with Gasteiger partial charge in [0.1, 0.15) is 6.04 Å². The van der Waals surface area contributed by atoms with Crippen LogP contribution in [0.15, 0.2) is 29.0 Å². The van der Waals surface area contributed by atoms with E-state index < -0.39 is 62.5 Å². The first-order chi connectivity index (χ1) is 24.3. The van der Waals surface area contributed by atoms with Gasteiger partial charge in [-0.1, -0.05) is 73.3 Å². The second-order valence-corrected chi connectivity index (χ2v) is 20.6. The molecule has 2 aliphatic heterocycles. The summed E-state index contributed by atoms with van der Waals surface area (Å²) >= 11 is 1.39. The number of rotatable bonds is 15. The Kier molecular flexibility index (Phi) is 12.3. The van der Waals surface area contributed by atoms with Crippen LogP contribution < -0.4 is 10.6 Å². The minimum absolute atomic E-state index is 0.0299. The van der Waals surface area contributed by atoms with E-state index in [0.29, 0.717) is 30.2 Å². The molecule has 1 unspecified atom stereocenters. The number of nitrogens with zero attached hydrogens (tertiary/aromatic N) is 2. The molecular weight excluding hydrogens is 701 g/mol.